The van der Waals surface area contributed by atoms with Gasteiger partial charge < -0.3 is 5.32 Å². The first kappa shape index (κ1) is 12.2. The van der Waals surface area contributed by atoms with Crippen molar-refractivity contribution in [2.45, 2.75) is 33.2 Å². The lowest BCUT2D eigenvalue weighted by molar-refractivity contribution is -0.120. The third-order valence-electron chi connectivity index (χ3n) is 2.11. The lowest BCUT2D eigenvalue weighted by Gasteiger charge is -2.10. The van der Waals surface area contributed by atoms with Gasteiger partial charge in [0.05, 0.1) is 6.42 Å². The minimum Gasteiger partial charge on any atom is -0.354 e. The van der Waals surface area contributed by atoms with Crippen LogP contribution in [0.1, 0.15) is 25.0 Å². The number of hydrogen-bond acceptors (Lipinski definition) is 1. The molecule has 1 N–H and O–H groups in total. The fraction of sp³-hybridized carbons (Fsp3) is 0.417. The number of halogens is 1. The normalized spacial score (nSPS) is 10.5. The van der Waals surface area contributed by atoms with Crippen LogP contribution in [0.5, 0.6) is 0 Å². The Morgan fingerprint density at radius 3 is 2.73 bits per heavy atom. The quantitative estimate of drug-likeness (QED) is 0.899. The van der Waals surface area contributed by atoms with Gasteiger partial charge in [0.1, 0.15) is 0 Å². The van der Waals surface area contributed by atoms with Gasteiger partial charge in [-0.25, -0.2) is 0 Å². The van der Waals surface area contributed by atoms with Gasteiger partial charge >= 0.3 is 0 Å². The first-order valence-corrected chi connectivity index (χ1v) is 5.82. The molecule has 0 aliphatic rings. The third kappa shape index (κ3) is 4.04. The number of carbonyl (C=O) groups excluding carboxylic acids is 1. The van der Waals surface area contributed by atoms with Crippen LogP contribution in [0.25, 0.3) is 0 Å². The number of amides is 1. The van der Waals surface area contributed by atoms with Gasteiger partial charge in [0, 0.05) is 10.5 Å². The fourth-order valence-corrected chi connectivity index (χ4v) is 1.78. The minimum absolute atomic E-state index is 0.0752. The van der Waals surface area contributed by atoms with Crippen LogP contribution < -0.4 is 5.32 Å². The highest BCUT2D eigenvalue weighted by Crippen LogP contribution is 2.16. The molecule has 1 aromatic carbocycles. The Balaban J connectivity index is 2.71. The molecule has 1 aromatic rings. The molecule has 0 saturated carbocycles. The Morgan fingerprint density at radius 1 is 1.47 bits per heavy atom. The first-order chi connectivity index (χ1) is 6.99. The van der Waals surface area contributed by atoms with Crippen LogP contribution in [0.4, 0.5) is 0 Å². The van der Waals surface area contributed by atoms with E-state index in [1.807, 2.05) is 39.0 Å². The molecule has 2 nitrogen and oxygen atoms in total. The van der Waals surface area contributed by atoms with Crippen LogP contribution in [-0.2, 0) is 11.2 Å². The standard InChI is InChI=1S/C12H16BrNO/c1-8(2)14-12(15)7-10-6-11(13)5-4-9(10)3/h4-6,8H,7H2,1-3H3,(H,14,15). The number of aryl methyl sites for hydroxylation is 1. The average molecular weight is 270 g/mol. The lowest BCUT2D eigenvalue weighted by Crippen LogP contribution is -2.31. The van der Waals surface area contributed by atoms with Crippen LogP contribution in [0.3, 0.4) is 0 Å². The molecule has 0 radical (unpaired) electrons. The summed E-state index contributed by atoms with van der Waals surface area (Å²) in [5.74, 6) is 0.0752. The van der Waals surface area contributed by atoms with Gasteiger partial charge in [-0.3, -0.25) is 4.79 Å². The molecule has 3 heteroatoms. The van der Waals surface area contributed by atoms with Gasteiger partial charge in [0.2, 0.25) is 5.91 Å². The van der Waals surface area contributed by atoms with Crippen molar-refractivity contribution in [2.75, 3.05) is 0 Å². The Kier molecular flexibility index (Phi) is 4.33. The van der Waals surface area contributed by atoms with Crippen molar-refractivity contribution in [2.24, 2.45) is 0 Å². The second kappa shape index (κ2) is 5.31. The molecule has 0 fully saturated rings. The van der Waals surface area contributed by atoms with Gasteiger partial charge in [-0.15, -0.1) is 0 Å². The molecule has 0 aliphatic heterocycles. The molecule has 1 rings (SSSR count). The summed E-state index contributed by atoms with van der Waals surface area (Å²) >= 11 is 3.41. The van der Waals surface area contributed by atoms with E-state index in [-0.39, 0.29) is 11.9 Å². The van der Waals surface area contributed by atoms with Crippen molar-refractivity contribution in [3.05, 3.63) is 33.8 Å². The molecule has 0 atom stereocenters. The Labute approximate surface area is 99.2 Å². The van der Waals surface area contributed by atoms with E-state index in [0.717, 1.165) is 15.6 Å². The topological polar surface area (TPSA) is 29.1 Å². The average Bonchev–Trinajstić information content (AvgIpc) is 2.10. The summed E-state index contributed by atoms with van der Waals surface area (Å²) in [4.78, 5) is 11.6. The van der Waals surface area contributed by atoms with E-state index in [1.165, 1.54) is 0 Å². The highest BCUT2D eigenvalue weighted by atomic mass is 79.9. The number of carbonyl (C=O) groups is 1. The minimum atomic E-state index is 0.0752. The van der Waals surface area contributed by atoms with Crippen molar-refractivity contribution in [1.82, 2.24) is 5.32 Å². The van der Waals surface area contributed by atoms with E-state index in [4.69, 9.17) is 0 Å². The fourth-order valence-electron chi connectivity index (χ4n) is 1.38. The summed E-state index contributed by atoms with van der Waals surface area (Å²) in [6.45, 7) is 5.95. The van der Waals surface area contributed by atoms with Gasteiger partial charge in [-0.05, 0) is 44.0 Å². The summed E-state index contributed by atoms with van der Waals surface area (Å²) in [5, 5.41) is 2.88. The van der Waals surface area contributed by atoms with Crippen molar-refractivity contribution in [1.29, 1.82) is 0 Å². The second-order valence-corrected chi connectivity index (χ2v) is 4.89. The molecular weight excluding hydrogens is 254 g/mol. The molecule has 0 spiro atoms. The third-order valence-corrected chi connectivity index (χ3v) is 2.61. The van der Waals surface area contributed by atoms with E-state index in [1.54, 1.807) is 0 Å². The maximum atomic E-state index is 11.6. The van der Waals surface area contributed by atoms with Crippen LogP contribution in [0, 0.1) is 6.92 Å². The number of rotatable bonds is 3. The molecule has 0 saturated heterocycles. The molecule has 0 aliphatic carbocycles. The molecule has 0 bridgehead atoms. The summed E-state index contributed by atoms with van der Waals surface area (Å²) < 4.78 is 1.01. The summed E-state index contributed by atoms with van der Waals surface area (Å²) in [6, 6.07) is 6.20. The zero-order valence-electron chi connectivity index (χ0n) is 9.30. The van der Waals surface area contributed by atoms with Crippen molar-refractivity contribution in [3.63, 3.8) is 0 Å². The molecule has 82 valence electrons. The van der Waals surface area contributed by atoms with E-state index in [0.29, 0.717) is 6.42 Å². The summed E-state index contributed by atoms with van der Waals surface area (Å²) in [5.41, 5.74) is 2.22. The maximum absolute atomic E-state index is 11.6. The molecule has 15 heavy (non-hydrogen) atoms. The largest absolute Gasteiger partial charge is 0.354 e. The van der Waals surface area contributed by atoms with Gasteiger partial charge in [0.25, 0.3) is 0 Å². The van der Waals surface area contributed by atoms with Crippen molar-refractivity contribution >= 4 is 21.8 Å². The Hall–Kier alpha value is -0.830. The highest BCUT2D eigenvalue weighted by Gasteiger charge is 2.07. The maximum Gasteiger partial charge on any atom is 0.224 e. The van der Waals surface area contributed by atoms with E-state index >= 15 is 0 Å². The Morgan fingerprint density at radius 2 is 2.13 bits per heavy atom. The van der Waals surface area contributed by atoms with Crippen LogP contribution in [0.15, 0.2) is 22.7 Å². The van der Waals surface area contributed by atoms with Gasteiger partial charge in [-0.1, -0.05) is 22.0 Å². The molecule has 1 amide bonds. The zero-order chi connectivity index (χ0) is 11.4. The van der Waals surface area contributed by atoms with E-state index in [9.17, 15) is 4.79 Å². The SMILES string of the molecule is Cc1ccc(Br)cc1CC(=O)NC(C)C. The zero-order valence-corrected chi connectivity index (χ0v) is 10.9. The predicted molar refractivity (Wildman–Crippen MR) is 65.9 cm³/mol. The summed E-state index contributed by atoms with van der Waals surface area (Å²) in [6.07, 6.45) is 0.448. The highest BCUT2D eigenvalue weighted by molar-refractivity contribution is 9.10. The van der Waals surface area contributed by atoms with Crippen molar-refractivity contribution in [3.8, 4) is 0 Å². The monoisotopic (exact) mass is 269 g/mol. The van der Waals surface area contributed by atoms with E-state index < -0.39 is 0 Å². The Bertz CT molecular complexity index is 361. The predicted octanol–water partition coefficient (Wildman–Crippen LogP) is 2.82. The van der Waals surface area contributed by atoms with E-state index in [2.05, 4.69) is 21.2 Å². The molecule has 0 unspecified atom stereocenters. The number of nitrogens with one attached hydrogen (secondary N) is 1. The lowest BCUT2D eigenvalue weighted by atomic mass is 10.1. The number of hydrogen-bond donors (Lipinski definition) is 1. The number of benzene rings is 1. The second-order valence-electron chi connectivity index (χ2n) is 3.97. The van der Waals surface area contributed by atoms with Gasteiger partial charge in [-0.2, -0.15) is 0 Å². The molecular formula is C12H16BrNO. The van der Waals surface area contributed by atoms with Crippen LogP contribution in [-0.4, -0.2) is 11.9 Å². The van der Waals surface area contributed by atoms with Crippen LogP contribution in [0.2, 0.25) is 0 Å². The van der Waals surface area contributed by atoms with Crippen LogP contribution >= 0.6 is 15.9 Å². The molecule has 0 aromatic heterocycles. The first-order valence-electron chi connectivity index (χ1n) is 5.03. The molecule has 0 heterocycles. The summed E-state index contributed by atoms with van der Waals surface area (Å²) in [7, 11) is 0. The van der Waals surface area contributed by atoms with Gasteiger partial charge in [0.15, 0.2) is 0 Å². The smallest absolute Gasteiger partial charge is 0.224 e. The van der Waals surface area contributed by atoms with Crippen molar-refractivity contribution < 1.29 is 4.79 Å².